The highest BCUT2D eigenvalue weighted by Gasteiger charge is 2.07. The molecule has 0 radical (unpaired) electrons. The minimum absolute atomic E-state index is 0.0594. The van der Waals surface area contributed by atoms with Gasteiger partial charge in [-0.1, -0.05) is 0 Å². The third-order valence-electron chi connectivity index (χ3n) is 2.75. The zero-order chi connectivity index (χ0) is 15.4. The molecule has 0 amide bonds. The zero-order valence-corrected chi connectivity index (χ0v) is 13.4. The van der Waals surface area contributed by atoms with Gasteiger partial charge in [0.25, 0.3) is 0 Å². The highest BCUT2D eigenvalue weighted by atomic mass is 79.9. The van der Waals surface area contributed by atoms with Gasteiger partial charge in [-0.15, -0.1) is 0 Å². The van der Waals surface area contributed by atoms with E-state index in [0.717, 1.165) is 15.8 Å². The molecule has 0 aromatic heterocycles. The Morgan fingerprint density at radius 2 is 2.00 bits per heavy atom. The molecule has 2 aromatic carbocycles. The largest absolute Gasteiger partial charge is 0.489 e. The number of rotatable bonds is 4. The molecule has 0 fully saturated rings. The second-order valence-electron chi connectivity index (χ2n) is 4.85. The van der Waals surface area contributed by atoms with Gasteiger partial charge in [0.2, 0.25) is 0 Å². The van der Waals surface area contributed by atoms with E-state index in [-0.39, 0.29) is 6.10 Å². The van der Waals surface area contributed by atoms with Gasteiger partial charge in [-0.2, -0.15) is 5.26 Å². The van der Waals surface area contributed by atoms with Crippen molar-refractivity contribution in [2.24, 2.45) is 0 Å². The van der Waals surface area contributed by atoms with Gasteiger partial charge in [-0.05, 0) is 60.1 Å². The lowest BCUT2D eigenvalue weighted by Gasteiger charge is -2.15. The minimum atomic E-state index is 0.0594. The number of hydrogen-bond acceptors (Lipinski definition) is 4. The third-order valence-corrected chi connectivity index (χ3v) is 3.41. The van der Waals surface area contributed by atoms with Crippen molar-refractivity contribution in [3.63, 3.8) is 0 Å². The van der Waals surface area contributed by atoms with Crippen LogP contribution in [-0.4, -0.2) is 6.10 Å². The fraction of sp³-hybridized carbons (Fsp3) is 0.188. The summed E-state index contributed by atoms with van der Waals surface area (Å²) in [4.78, 5) is 0. The van der Waals surface area contributed by atoms with Crippen LogP contribution >= 0.6 is 15.9 Å². The number of nitrogens with two attached hydrogens (primary N) is 1. The SMILES string of the molecule is CC(C)Oc1cc(Nc2ccc(C#N)cc2Br)ccc1N. The quantitative estimate of drug-likeness (QED) is 0.803. The molecular formula is C16H16BrN3O. The van der Waals surface area contributed by atoms with Crippen molar-refractivity contribution in [3.05, 3.63) is 46.4 Å². The average molecular weight is 346 g/mol. The number of halogens is 1. The predicted molar refractivity (Wildman–Crippen MR) is 88.8 cm³/mol. The Balaban J connectivity index is 2.26. The fourth-order valence-corrected chi connectivity index (χ4v) is 2.29. The van der Waals surface area contributed by atoms with Gasteiger partial charge in [0.1, 0.15) is 5.75 Å². The summed E-state index contributed by atoms with van der Waals surface area (Å²) in [5, 5.41) is 12.1. The van der Waals surface area contributed by atoms with Crippen LogP contribution in [0.1, 0.15) is 19.4 Å². The highest BCUT2D eigenvalue weighted by molar-refractivity contribution is 9.10. The molecule has 0 aliphatic carbocycles. The standard InChI is InChI=1S/C16H16BrN3O/c1-10(2)21-16-8-12(4-5-14(16)19)20-15-6-3-11(9-18)7-13(15)17/h3-8,10,20H,19H2,1-2H3. The van der Waals surface area contributed by atoms with Crippen molar-refractivity contribution in [1.82, 2.24) is 0 Å². The van der Waals surface area contributed by atoms with E-state index in [1.807, 2.05) is 32.0 Å². The number of nitrogen functional groups attached to an aromatic ring is 1. The van der Waals surface area contributed by atoms with Crippen molar-refractivity contribution < 1.29 is 4.74 Å². The van der Waals surface area contributed by atoms with E-state index in [1.165, 1.54) is 0 Å². The smallest absolute Gasteiger partial charge is 0.144 e. The Morgan fingerprint density at radius 3 is 2.62 bits per heavy atom. The first-order valence-electron chi connectivity index (χ1n) is 6.52. The molecule has 3 N–H and O–H groups in total. The van der Waals surface area contributed by atoms with Gasteiger partial charge in [-0.25, -0.2) is 0 Å². The molecule has 4 nitrogen and oxygen atoms in total. The highest BCUT2D eigenvalue weighted by Crippen LogP contribution is 2.31. The molecule has 0 bridgehead atoms. The van der Waals surface area contributed by atoms with Gasteiger partial charge in [0.15, 0.2) is 0 Å². The number of benzene rings is 2. The van der Waals surface area contributed by atoms with Crippen molar-refractivity contribution in [3.8, 4) is 11.8 Å². The summed E-state index contributed by atoms with van der Waals surface area (Å²) < 4.78 is 6.49. The Morgan fingerprint density at radius 1 is 1.24 bits per heavy atom. The molecule has 0 saturated carbocycles. The fourth-order valence-electron chi connectivity index (χ4n) is 1.81. The molecule has 2 aromatic rings. The normalized spacial score (nSPS) is 10.2. The average Bonchev–Trinajstić information content (AvgIpc) is 2.44. The molecule has 0 saturated heterocycles. The first-order chi connectivity index (χ1) is 9.99. The number of hydrogen-bond donors (Lipinski definition) is 2. The van der Waals surface area contributed by atoms with E-state index < -0.39 is 0 Å². The minimum Gasteiger partial charge on any atom is -0.489 e. The summed E-state index contributed by atoms with van der Waals surface area (Å²) in [5.41, 5.74) is 8.85. The van der Waals surface area contributed by atoms with Gasteiger partial charge < -0.3 is 15.8 Å². The molecular weight excluding hydrogens is 330 g/mol. The summed E-state index contributed by atoms with van der Waals surface area (Å²) in [5.74, 6) is 0.653. The van der Waals surface area contributed by atoms with Crippen LogP contribution in [0.5, 0.6) is 5.75 Å². The molecule has 21 heavy (non-hydrogen) atoms. The lowest BCUT2D eigenvalue weighted by Crippen LogP contribution is -2.07. The van der Waals surface area contributed by atoms with Crippen LogP contribution in [0.2, 0.25) is 0 Å². The molecule has 108 valence electrons. The van der Waals surface area contributed by atoms with Gasteiger partial charge in [0.05, 0.1) is 29.1 Å². The van der Waals surface area contributed by atoms with Crippen molar-refractivity contribution in [1.29, 1.82) is 5.26 Å². The van der Waals surface area contributed by atoms with Gasteiger partial charge in [0, 0.05) is 16.2 Å². The summed E-state index contributed by atoms with van der Waals surface area (Å²) in [6.45, 7) is 3.91. The summed E-state index contributed by atoms with van der Waals surface area (Å²) in [7, 11) is 0. The molecule has 0 aliphatic rings. The van der Waals surface area contributed by atoms with Crippen molar-refractivity contribution >= 4 is 33.0 Å². The molecule has 0 unspecified atom stereocenters. The second kappa shape index (κ2) is 6.51. The van der Waals surface area contributed by atoms with E-state index in [2.05, 4.69) is 27.3 Å². The zero-order valence-electron chi connectivity index (χ0n) is 11.9. The Kier molecular flexibility index (Phi) is 4.71. The lowest BCUT2D eigenvalue weighted by molar-refractivity contribution is 0.244. The summed E-state index contributed by atoms with van der Waals surface area (Å²) >= 11 is 3.45. The maximum absolute atomic E-state index is 8.87. The lowest BCUT2D eigenvalue weighted by atomic mass is 10.2. The Labute approximate surface area is 132 Å². The van der Waals surface area contributed by atoms with Crippen molar-refractivity contribution in [2.75, 3.05) is 11.1 Å². The van der Waals surface area contributed by atoms with Crippen molar-refractivity contribution in [2.45, 2.75) is 20.0 Å². The molecule has 5 heteroatoms. The monoisotopic (exact) mass is 345 g/mol. The number of anilines is 3. The van der Waals surface area contributed by atoms with Crippen LogP contribution < -0.4 is 15.8 Å². The Bertz CT molecular complexity index is 692. The van der Waals surface area contributed by atoms with Crippen LogP contribution in [0, 0.1) is 11.3 Å². The predicted octanol–water partition coefficient (Wildman–Crippen LogP) is 4.43. The molecule has 0 spiro atoms. The summed E-state index contributed by atoms with van der Waals surface area (Å²) in [6, 6.07) is 13.0. The number of ether oxygens (including phenoxy) is 1. The van der Waals surface area contributed by atoms with Crippen LogP contribution in [-0.2, 0) is 0 Å². The molecule has 2 rings (SSSR count). The molecule has 0 aliphatic heterocycles. The number of nitrogens with one attached hydrogen (secondary N) is 1. The number of nitrogens with zero attached hydrogens (tertiary/aromatic N) is 1. The van der Waals surface area contributed by atoms with Crippen LogP contribution in [0.25, 0.3) is 0 Å². The first kappa shape index (κ1) is 15.2. The van der Waals surface area contributed by atoms with Gasteiger partial charge >= 0.3 is 0 Å². The second-order valence-corrected chi connectivity index (χ2v) is 5.70. The Hall–Kier alpha value is -2.19. The van der Waals surface area contributed by atoms with E-state index >= 15 is 0 Å². The molecule has 0 atom stereocenters. The maximum Gasteiger partial charge on any atom is 0.144 e. The van der Waals surface area contributed by atoms with Crippen LogP contribution in [0.4, 0.5) is 17.1 Å². The molecule has 0 heterocycles. The summed E-state index contributed by atoms with van der Waals surface area (Å²) in [6.07, 6.45) is 0.0594. The van der Waals surface area contributed by atoms with Crippen LogP contribution in [0.15, 0.2) is 40.9 Å². The maximum atomic E-state index is 8.87. The van der Waals surface area contributed by atoms with E-state index in [9.17, 15) is 0 Å². The van der Waals surface area contributed by atoms with E-state index in [4.69, 9.17) is 15.7 Å². The van der Waals surface area contributed by atoms with E-state index in [0.29, 0.717) is 17.0 Å². The van der Waals surface area contributed by atoms with E-state index in [1.54, 1.807) is 18.2 Å². The first-order valence-corrected chi connectivity index (χ1v) is 7.31. The topological polar surface area (TPSA) is 71.1 Å². The van der Waals surface area contributed by atoms with Crippen LogP contribution in [0.3, 0.4) is 0 Å². The van der Waals surface area contributed by atoms with Gasteiger partial charge in [-0.3, -0.25) is 0 Å². The number of nitriles is 1. The third kappa shape index (κ3) is 3.89.